The van der Waals surface area contributed by atoms with Crippen LogP contribution in [0.1, 0.15) is 0 Å². The largest absolute Gasteiger partial charge is 0.491 e. The van der Waals surface area contributed by atoms with Crippen molar-refractivity contribution in [2.75, 3.05) is 43.2 Å². The Bertz CT molecular complexity index is 967. The number of ether oxygens (including phenoxy) is 3. The Kier molecular flexibility index (Phi) is 3.69. The molecule has 5 rings (SSSR count). The Hall–Kier alpha value is -3.27. The maximum Gasteiger partial charge on any atom is 0.416 e. The Balaban J connectivity index is 1.50. The van der Waals surface area contributed by atoms with Crippen molar-refractivity contribution in [2.24, 2.45) is 5.73 Å². The molecule has 4 heterocycles. The average molecular weight is 385 g/mol. The van der Waals surface area contributed by atoms with Crippen molar-refractivity contribution < 1.29 is 23.8 Å². The number of benzene rings is 1. The second-order valence-corrected chi connectivity index (χ2v) is 7.10. The first kappa shape index (κ1) is 16.9. The molecule has 3 N–H and O–H groups in total. The van der Waals surface area contributed by atoms with Crippen molar-refractivity contribution in [1.29, 1.82) is 0 Å². The number of fused-ring (bicyclic) bond motifs is 3. The van der Waals surface area contributed by atoms with Crippen molar-refractivity contribution in [3.63, 3.8) is 0 Å². The van der Waals surface area contributed by atoms with E-state index in [2.05, 4.69) is 5.32 Å². The van der Waals surface area contributed by atoms with Crippen LogP contribution in [0.3, 0.4) is 0 Å². The Labute approximate surface area is 160 Å². The average Bonchev–Trinajstić information content (AvgIpc) is 3.16. The molecule has 2 saturated heterocycles. The van der Waals surface area contributed by atoms with Crippen LogP contribution in [0.4, 0.5) is 16.3 Å². The van der Waals surface area contributed by atoms with E-state index in [0.717, 1.165) is 11.3 Å². The van der Waals surface area contributed by atoms with Gasteiger partial charge in [0.25, 0.3) is 0 Å². The molecule has 0 saturated carbocycles. The van der Waals surface area contributed by atoms with Crippen molar-refractivity contribution in [1.82, 2.24) is 9.55 Å². The van der Waals surface area contributed by atoms with E-state index in [-0.39, 0.29) is 6.54 Å². The molecule has 1 aromatic heterocycles. The molecule has 28 heavy (non-hydrogen) atoms. The fraction of sp³-hybridized carbons (Fsp3) is 0.389. The maximum atomic E-state index is 12.3. The van der Waals surface area contributed by atoms with Crippen LogP contribution in [0.25, 0.3) is 11.4 Å². The van der Waals surface area contributed by atoms with Crippen LogP contribution in [0.5, 0.6) is 5.75 Å². The highest BCUT2D eigenvalue weighted by atomic mass is 16.6. The zero-order valence-electron chi connectivity index (χ0n) is 15.0. The first-order valence-corrected chi connectivity index (χ1v) is 8.97. The van der Waals surface area contributed by atoms with Gasteiger partial charge in [-0.2, -0.15) is 0 Å². The molecule has 0 unspecified atom stereocenters. The van der Waals surface area contributed by atoms with Crippen LogP contribution in [-0.2, 0) is 20.8 Å². The minimum absolute atomic E-state index is 0.0405. The molecule has 10 nitrogen and oxygen atoms in total. The quantitative estimate of drug-likeness (QED) is 0.789. The second-order valence-electron chi connectivity index (χ2n) is 7.10. The minimum atomic E-state index is -0.459. The fourth-order valence-electron chi connectivity index (χ4n) is 3.68. The van der Waals surface area contributed by atoms with Gasteiger partial charge in [0, 0.05) is 18.0 Å². The summed E-state index contributed by atoms with van der Waals surface area (Å²) in [5, 5.41) is 2.96. The number of carbonyl (C=O) groups excluding carboxylic acids is 2. The van der Waals surface area contributed by atoms with Gasteiger partial charge in [-0.05, 0) is 12.1 Å². The highest BCUT2D eigenvalue weighted by Gasteiger charge is 2.55. The molecular formula is C18H19N5O5. The summed E-state index contributed by atoms with van der Waals surface area (Å²) >= 11 is 0. The second kappa shape index (κ2) is 6.13. The van der Waals surface area contributed by atoms with Crippen molar-refractivity contribution in [2.45, 2.75) is 12.1 Å². The van der Waals surface area contributed by atoms with E-state index in [1.165, 1.54) is 0 Å². The van der Waals surface area contributed by atoms with Crippen LogP contribution < -0.4 is 20.7 Å². The van der Waals surface area contributed by atoms with Gasteiger partial charge in [-0.3, -0.25) is 4.79 Å². The van der Waals surface area contributed by atoms with Gasteiger partial charge in [-0.25, -0.2) is 14.7 Å². The minimum Gasteiger partial charge on any atom is -0.491 e. The smallest absolute Gasteiger partial charge is 0.416 e. The van der Waals surface area contributed by atoms with Crippen LogP contribution in [-0.4, -0.2) is 60.1 Å². The zero-order valence-corrected chi connectivity index (χ0v) is 15.0. The number of rotatable bonds is 4. The monoisotopic (exact) mass is 385 g/mol. The van der Waals surface area contributed by atoms with Gasteiger partial charge in [0.15, 0.2) is 5.82 Å². The third-order valence-electron chi connectivity index (χ3n) is 5.13. The molecule has 146 valence electrons. The van der Waals surface area contributed by atoms with Gasteiger partial charge in [-0.1, -0.05) is 0 Å². The third kappa shape index (κ3) is 2.56. The number of carbonyl (C=O) groups is 2. The van der Waals surface area contributed by atoms with E-state index in [4.69, 9.17) is 24.9 Å². The number of nitrogens with two attached hydrogens (primary N) is 1. The van der Waals surface area contributed by atoms with Crippen molar-refractivity contribution >= 4 is 23.5 Å². The molecule has 0 atom stereocenters. The Morgan fingerprint density at radius 1 is 1.29 bits per heavy atom. The van der Waals surface area contributed by atoms with Crippen LogP contribution in [0.2, 0.25) is 0 Å². The predicted molar refractivity (Wildman–Crippen MR) is 98.2 cm³/mol. The molecule has 1 aromatic carbocycles. The number of hydrogen-bond acceptors (Lipinski definition) is 7. The Morgan fingerprint density at radius 2 is 2.14 bits per heavy atom. The van der Waals surface area contributed by atoms with Gasteiger partial charge in [0.05, 0.1) is 31.9 Å². The van der Waals surface area contributed by atoms with E-state index in [0.29, 0.717) is 50.4 Å². The molecule has 3 aliphatic rings. The van der Waals surface area contributed by atoms with Crippen molar-refractivity contribution in [3.05, 3.63) is 24.4 Å². The Morgan fingerprint density at radius 3 is 2.89 bits per heavy atom. The van der Waals surface area contributed by atoms with Crippen LogP contribution in [0, 0.1) is 0 Å². The highest BCUT2D eigenvalue weighted by Crippen LogP contribution is 2.39. The summed E-state index contributed by atoms with van der Waals surface area (Å²) in [7, 11) is 0. The van der Waals surface area contributed by atoms with E-state index < -0.39 is 17.5 Å². The number of hydrogen-bond donors (Lipinski definition) is 2. The molecule has 1 spiro atoms. The highest BCUT2D eigenvalue weighted by molar-refractivity contribution is 5.91. The van der Waals surface area contributed by atoms with Crippen LogP contribution in [0.15, 0.2) is 24.4 Å². The lowest BCUT2D eigenvalue weighted by Gasteiger charge is -2.40. The molecule has 2 fully saturated rings. The number of amides is 2. The number of cyclic esters (lactones) is 1. The van der Waals surface area contributed by atoms with Gasteiger partial charge in [0.1, 0.15) is 30.3 Å². The standard InChI is InChI=1S/C18H19N5O5/c19-14(24)6-20-11-1-2-12-13(5-11)27-4-3-22-7-15(21-16(12)22)23-17(25)28-10-18(23)8-26-9-18/h1-2,5,7,20H,3-4,6,8-10H2,(H2,19,24). The van der Waals surface area contributed by atoms with Gasteiger partial charge >= 0.3 is 6.09 Å². The van der Waals surface area contributed by atoms with Gasteiger partial charge in [0.2, 0.25) is 5.91 Å². The predicted octanol–water partition coefficient (Wildman–Crippen LogP) is 0.565. The summed E-state index contributed by atoms with van der Waals surface area (Å²) < 4.78 is 18.4. The number of nitrogens with one attached hydrogen (secondary N) is 1. The lowest BCUT2D eigenvalue weighted by molar-refractivity contribution is -0.116. The van der Waals surface area contributed by atoms with Gasteiger partial charge < -0.3 is 29.8 Å². The van der Waals surface area contributed by atoms with E-state index in [1.807, 2.05) is 29.0 Å². The first-order chi connectivity index (χ1) is 13.6. The SMILES string of the molecule is NC(=O)CNc1ccc2c(c1)OCCn1cc(N3C(=O)OCC34COC4)nc1-2. The number of imidazole rings is 1. The number of primary amides is 1. The first-order valence-electron chi connectivity index (χ1n) is 8.97. The lowest BCUT2D eigenvalue weighted by Crippen LogP contribution is -2.61. The van der Waals surface area contributed by atoms with E-state index >= 15 is 0 Å². The molecular weight excluding hydrogens is 366 g/mol. The maximum absolute atomic E-state index is 12.3. The number of aromatic nitrogens is 2. The fourth-order valence-corrected chi connectivity index (χ4v) is 3.68. The van der Waals surface area contributed by atoms with Gasteiger partial charge in [-0.15, -0.1) is 0 Å². The van der Waals surface area contributed by atoms with Crippen LogP contribution >= 0.6 is 0 Å². The third-order valence-corrected chi connectivity index (χ3v) is 5.13. The zero-order chi connectivity index (χ0) is 19.3. The molecule has 3 aliphatic heterocycles. The summed E-state index contributed by atoms with van der Waals surface area (Å²) in [6.45, 7) is 2.27. The lowest BCUT2D eigenvalue weighted by atomic mass is 9.98. The summed E-state index contributed by atoms with van der Waals surface area (Å²) in [6, 6.07) is 5.52. The molecule has 10 heteroatoms. The topological polar surface area (TPSA) is 121 Å². The summed E-state index contributed by atoms with van der Waals surface area (Å²) in [6.07, 6.45) is 1.44. The number of nitrogens with zero attached hydrogens (tertiary/aromatic N) is 3. The van der Waals surface area contributed by atoms with E-state index in [9.17, 15) is 9.59 Å². The molecule has 0 radical (unpaired) electrons. The molecule has 2 amide bonds. The summed E-state index contributed by atoms with van der Waals surface area (Å²) in [4.78, 5) is 29.6. The summed E-state index contributed by atoms with van der Waals surface area (Å²) in [5.74, 6) is 1.46. The van der Waals surface area contributed by atoms with Crippen molar-refractivity contribution in [3.8, 4) is 17.1 Å². The molecule has 0 aliphatic carbocycles. The van der Waals surface area contributed by atoms with E-state index in [1.54, 1.807) is 4.90 Å². The molecule has 0 bridgehead atoms. The normalized spacial score (nSPS) is 19.1. The summed E-state index contributed by atoms with van der Waals surface area (Å²) in [5.41, 5.74) is 6.26. The number of anilines is 2. The molecule has 2 aromatic rings.